The van der Waals surface area contributed by atoms with E-state index in [1.54, 1.807) is 6.07 Å². The average molecular weight is 292 g/mol. The van der Waals surface area contributed by atoms with Crippen molar-refractivity contribution in [1.29, 1.82) is 0 Å². The van der Waals surface area contributed by atoms with Gasteiger partial charge in [0.2, 0.25) is 0 Å². The van der Waals surface area contributed by atoms with Crippen LogP contribution in [-0.4, -0.2) is 11.0 Å². The molecule has 0 aliphatic carbocycles. The topological polar surface area (TPSA) is 41.1 Å². The molecule has 0 fully saturated rings. The maximum atomic E-state index is 13.0. The van der Waals surface area contributed by atoms with Crippen molar-refractivity contribution in [2.24, 2.45) is 0 Å². The summed E-state index contributed by atoms with van der Waals surface area (Å²) in [6.45, 7) is 0. The molecule has 0 aliphatic heterocycles. The molecule has 2 rings (SSSR count). The maximum absolute atomic E-state index is 13.0. The van der Waals surface area contributed by atoms with Crippen molar-refractivity contribution in [2.75, 3.05) is 5.32 Å². The van der Waals surface area contributed by atoms with Gasteiger partial charge in [0.25, 0.3) is 5.91 Å². The second kappa shape index (κ2) is 6.21. The van der Waals surface area contributed by atoms with Crippen molar-refractivity contribution in [3.8, 4) is 0 Å². The molecular formula is C14H10F2N2OS. The third-order valence-corrected chi connectivity index (χ3v) is 2.60. The van der Waals surface area contributed by atoms with Crippen LogP contribution in [-0.2, 0) is 0 Å². The first-order valence-electron chi connectivity index (χ1n) is 5.68. The molecule has 0 bridgehead atoms. The smallest absolute Gasteiger partial charge is 0.257 e. The van der Waals surface area contributed by atoms with Gasteiger partial charge in [-0.1, -0.05) is 12.1 Å². The van der Waals surface area contributed by atoms with E-state index in [1.165, 1.54) is 36.4 Å². The Morgan fingerprint density at radius 2 is 1.65 bits per heavy atom. The summed E-state index contributed by atoms with van der Waals surface area (Å²) in [5.74, 6) is -1.48. The van der Waals surface area contributed by atoms with Gasteiger partial charge in [-0.2, -0.15) is 0 Å². The average Bonchev–Trinajstić information content (AvgIpc) is 2.38. The largest absolute Gasteiger partial charge is 0.332 e. The summed E-state index contributed by atoms with van der Waals surface area (Å²) in [7, 11) is 0. The third kappa shape index (κ3) is 3.83. The van der Waals surface area contributed by atoms with Crippen molar-refractivity contribution in [3.05, 3.63) is 65.7 Å². The molecule has 2 aromatic rings. The van der Waals surface area contributed by atoms with Crippen LogP contribution in [0.1, 0.15) is 10.4 Å². The SMILES string of the molecule is O=C(NC(=S)Nc1cccc(F)c1)c1cccc(F)c1. The van der Waals surface area contributed by atoms with Crippen molar-refractivity contribution in [1.82, 2.24) is 5.32 Å². The van der Waals surface area contributed by atoms with Crippen molar-refractivity contribution >= 4 is 28.9 Å². The molecule has 0 saturated heterocycles. The second-order valence-corrected chi connectivity index (χ2v) is 4.34. The maximum Gasteiger partial charge on any atom is 0.257 e. The summed E-state index contributed by atoms with van der Waals surface area (Å²) in [5, 5.41) is 5.05. The van der Waals surface area contributed by atoms with E-state index in [2.05, 4.69) is 10.6 Å². The quantitative estimate of drug-likeness (QED) is 0.836. The van der Waals surface area contributed by atoms with E-state index in [9.17, 15) is 13.6 Å². The van der Waals surface area contributed by atoms with Gasteiger partial charge in [-0.05, 0) is 48.6 Å². The van der Waals surface area contributed by atoms with E-state index < -0.39 is 17.5 Å². The number of carbonyl (C=O) groups is 1. The monoisotopic (exact) mass is 292 g/mol. The van der Waals surface area contributed by atoms with Crippen LogP contribution in [0.5, 0.6) is 0 Å². The van der Waals surface area contributed by atoms with Gasteiger partial charge < -0.3 is 5.32 Å². The fourth-order valence-electron chi connectivity index (χ4n) is 1.53. The molecule has 0 spiro atoms. The van der Waals surface area contributed by atoms with Gasteiger partial charge in [0.1, 0.15) is 11.6 Å². The Labute approximate surface area is 119 Å². The summed E-state index contributed by atoms with van der Waals surface area (Å²) in [5.41, 5.74) is 0.558. The van der Waals surface area contributed by atoms with Crippen LogP contribution in [0.2, 0.25) is 0 Å². The highest BCUT2D eigenvalue weighted by atomic mass is 32.1. The molecule has 1 amide bonds. The first-order chi connectivity index (χ1) is 9.54. The minimum Gasteiger partial charge on any atom is -0.332 e. The number of benzene rings is 2. The lowest BCUT2D eigenvalue weighted by atomic mass is 10.2. The number of hydrogen-bond donors (Lipinski definition) is 2. The van der Waals surface area contributed by atoms with Crippen molar-refractivity contribution in [2.45, 2.75) is 0 Å². The summed E-state index contributed by atoms with van der Waals surface area (Å²) in [6.07, 6.45) is 0. The lowest BCUT2D eigenvalue weighted by molar-refractivity contribution is 0.0977. The summed E-state index contributed by atoms with van der Waals surface area (Å²) >= 11 is 4.93. The van der Waals surface area contributed by atoms with Gasteiger partial charge in [-0.3, -0.25) is 10.1 Å². The Bertz CT molecular complexity index is 661. The zero-order chi connectivity index (χ0) is 14.5. The molecule has 6 heteroatoms. The third-order valence-electron chi connectivity index (χ3n) is 2.40. The molecule has 3 nitrogen and oxygen atoms in total. The number of halogens is 2. The van der Waals surface area contributed by atoms with Crippen molar-refractivity contribution in [3.63, 3.8) is 0 Å². The Balaban J connectivity index is 1.99. The summed E-state index contributed by atoms with van der Waals surface area (Å²) in [4.78, 5) is 11.8. The number of hydrogen-bond acceptors (Lipinski definition) is 2. The number of carbonyl (C=O) groups excluding carboxylic acids is 1. The molecule has 0 aromatic heterocycles. The Morgan fingerprint density at radius 3 is 2.30 bits per heavy atom. The van der Waals surface area contributed by atoms with Gasteiger partial charge in [-0.25, -0.2) is 8.78 Å². The van der Waals surface area contributed by atoms with E-state index in [1.807, 2.05) is 0 Å². The molecule has 0 atom stereocenters. The van der Waals surface area contributed by atoms with E-state index in [4.69, 9.17) is 12.2 Å². The van der Waals surface area contributed by atoms with Gasteiger partial charge in [0.15, 0.2) is 5.11 Å². The second-order valence-electron chi connectivity index (χ2n) is 3.93. The highest BCUT2D eigenvalue weighted by Crippen LogP contribution is 2.09. The Kier molecular flexibility index (Phi) is 4.37. The van der Waals surface area contributed by atoms with Crippen LogP contribution >= 0.6 is 12.2 Å². The number of amides is 1. The first kappa shape index (κ1) is 14.1. The summed E-state index contributed by atoms with van der Waals surface area (Å²) < 4.78 is 26.0. The Morgan fingerprint density at radius 1 is 1.00 bits per heavy atom. The standard InChI is InChI=1S/C14H10F2N2OS/c15-10-4-1-3-9(7-10)13(19)18-14(20)17-12-6-2-5-11(16)8-12/h1-8H,(H2,17,18,19,20). The summed E-state index contributed by atoms with van der Waals surface area (Å²) in [6, 6.07) is 10.9. The van der Waals surface area contributed by atoms with Crippen LogP contribution in [0.3, 0.4) is 0 Å². The van der Waals surface area contributed by atoms with Crippen LogP contribution < -0.4 is 10.6 Å². The van der Waals surface area contributed by atoms with Gasteiger partial charge in [0, 0.05) is 11.3 Å². The number of nitrogens with one attached hydrogen (secondary N) is 2. The highest BCUT2D eigenvalue weighted by molar-refractivity contribution is 7.80. The zero-order valence-corrected chi connectivity index (χ0v) is 11.0. The molecule has 0 aliphatic rings. The molecule has 0 saturated carbocycles. The molecule has 0 unspecified atom stereocenters. The molecule has 2 aromatic carbocycles. The molecule has 20 heavy (non-hydrogen) atoms. The molecule has 0 heterocycles. The van der Waals surface area contributed by atoms with Gasteiger partial charge in [-0.15, -0.1) is 0 Å². The number of thiocarbonyl (C=S) groups is 1. The van der Waals surface area contributed by atoms with Crippen LogP contribution in [0.4, 0.5) is 14.5 Å². The van der Waals surface area contributed by atoms with Gasteiger partial charge >= 0.3 is 0 Å². The number of rotatable bonds is 2. The molecule has 2 N–H and O–H groups in total. The minimum atomic E-state index is -0.543. The van der Waals surface area contributed by atoms with Crippen molar-refractivity contribution < 1.29 is 13.6 Å². The normalized spacial score (nSPS) is 9.90. The van der Waals surface area contributed by atoms with E-state index in [-0.39, 0.29) is 10.7 Å². The lowest BCUT2D eigenvalue weighted by Crippen LogP contribution is -2.34. The minimum absolute atomic E-state index is 0.00450. The molecule has 102 valence electrons. The highest BCUT2D eigenvalue weighted by Gasteiger charge is 2.08. The van der Waals surface area contributed by atoms with Crippen LogP contribution in [0.15, 0.2) is 48.5 Å². The van der Waals surface area contributed by atoms with E-state index in [0.717, 1.165) is 6.07 Å². The Hall–Kier alpha value is -2.34. The fraction of sp³-hybridized carbons (Fsp3) is 0. The zero-order valence-electron chi connectivity index (χ0n) is 10.2. The first-order valence-corrected chi connectivity index (χ1v) is 6.09. The van der Waals surface area contributed by atoms with E-state index in [0.29, 0.717) is 5.69 Å². The van der Waals surface area contributed by atoms with Gasteiger partial charge in [0.05, 0.1) is 0 Å². The molecular weight excluding hydrogens is 282 g/mol. The predicted molar refractivity (Wildman–Crippen MR) is 76.5 cm³/mol. The van der Waals surface area contributed by atoms with Crippen LogP contribution in [0, 0.1) is 11.6 Å². The fourth-order valence-corrected chi connectivity index (χ4v) is 1.74. The predicted octanol–water partition coefficient (Wildman–Crippen LogP) is 3.09. The number of anilines is 1. The lowest BCUT2D eigenvalue weighted by Gasteiger charge is -2.09. The van der Waals surface area contributed by atoms with Crippen LogP contribution in [0.25, 0.3) is 0 Å². The van der Waals surface area contributed by atoms with E-state index >= 15 is 0 Å². The molecule has 0 radical (unpaired) electrons.